The molecule has 0 aliphatic carbocycles. The lowest BCUT2D eigenvalue weighted by molar-refractivity contribution is 0.138. The molecule has 2 heterocycles. The lowest BCUT2D eigenvalue weighted by Crippen LogP contribution is -2.43. The zero-order valence-corrected chi connectivity index (χ0v) is 12.4. The average Bonchev–Trinajstić information content (AvgIpc) is 2.80. The summed E-state index contributed by atoms with van der Waals surface area (Å²) in [5.41, 5.74) is 0.262. The molecule has 0 spiro atoms. The van der Waals surface area contributed by atoms with Crippen LogP contribution in [0.25, 0.3) is 0 Å². The molecular weight excluding hydrogens is 224 g/mol. The van der Waals surface area contributed by atoms with E-state index in [-0.39, 0.29) is 5.54 Å². The van der Waals surface area contributed by atoms with Gasteiger partial charge in [-0.15, -0.1) is 0 Å². The topological polar surface area (TPSA) is 24.5 Å². The van der Waals surface area contributed by atoms with Crippen molar-refractivity contribution in [2.75, 3.05) is 39.4 Å². The molecule has 3 heteroatoms. The minimum absolute atomic E-state index is 0.262. The van der Waals surface area contributed by atoms with E-state index in [4.69, 9.17) is 4.74 Å². The summed E-state index contributed by atoms with van der Waals surface area (Å²) in [6.45, 7) is 13.7. The Morgan fingerprint density at radius 2 is 1.83 bits per heavy atom. The van der Waals surface area contributed by atoms with Crippen molar-refractivity contribution >= 4 is 0 Å². The Hall–Kier alpha value is -0.120. The van der Waals surface area contributed by atoms with Gasteiger partial charge in [0.25, 0.3) is 0 Å². The second-order valence-electron chi connectivity index (χ2n) is 7.10. The van der Waals surface area contributed by atoms with Gasteiger partial charge in [0.1, 0.15) is 0 Å². The highest BCUT2D eigenvalue weighted by molar-refractivity contribution is 4.79. The molecule has 3 nitrogen and oxygen atoms in total. The summed E-state index contributed by atoms with van der Waals surface area (Å²) < 4.78 is 5.46. The summed E-state index contributed by atoms with van der Waals surface area (Å²) >= 11 is 0. The quantitative estimate of drug-likeness (QED) is 0.832. The molecule has 0 radical (unpaired) electrons. The number of hydrogen-bond donors (Lipinski definition) is 1. The monoisotopic (exact) mass is 254 g/mol. The molecule has 0 aromatic carbocycles. The fourth-order valence-corrected chi connectivity index (χ4v) is 2.92. The van der Waals surface area contributed by atoms with Gasteiger partial charge in [-0.1, -0.05) is 0 Å². The van der Waals surface area contributed by atoms with Crippen LogP contribution in [0, 0.1) is 11.8 Å². The Balaban J connectivity index is 1.61. The van der Waals surface area contributed by atoms with Crippen LogP contribution in [0.2, 0.25) is 0 Å². The number of piperidine rings is 1. The lowest BCUT2D eigenvalue weighted by atomic mass is 9.94. The SMILES string of the molecule is CC(C)(C)NCC1CCN(CC2CCOC2)CC1. The van der Waals surface area contributed by atoms with Gasteiger partial charge in [0.05, 0.1) is 6.61 Å². The third kappa shape index (κ3) is 4.87. The van der Waals surface area contributed by atoms with Crippen LogP contribution < -0.4 is 5.32 Å². The van der Waals surface area contributed by atoms with Gasteiger partial charge in [-0.05, 0) is 71.5 Å². The summed E-state index contributed by atoms with van der Waals surface area (Å²) in [6, 6.07) is 0. The number of hydrogen-bond acceptors (Lipinski definition) is 3. The smallest absolute Gasteiger partial charge is 0.0507 e. The third-order valence-corrected chi connectivity index (χ3v) is 4.17. The fraction of sp³-hybridized carbons (Fsp3) is 1.00. The normalized spacial score (nSPS) is 27.8. The van der Waals surface area contributed by atoms with Gasteiger partial charge in [0.15, 0.2) is 0 Å². The molecule has 2 rings (SSSR count). The minimum Gasteiger partial charge on any atom is -0.381 e. The van der Waals surface area contributed by atoms with Crippen molar-refractivity contribution < 1.29 is 4.74 Å². The van der Waals surface area contributed by atoms with Gasteiger partial charge in [0.2, 0.25) is 0 Å². The van der Waals surface area contributed by atoms with Crippen LogP contribution in [0.5, 0.6) is 0 Å². The van der Waals surface area contributed by atoms with E-state index in [1.807, 2.05) is 0 Å². The maximum atomic E-state index is 5.46. The van der Waals surface area contributed by atoms with E-state index in [1.165, 1.54) is 45.4 Å². The maximum Gasteiger partial charge on any atom is 0.0507 e. The van der Waals surface area contributed by atoms with Crippen LogP contribution >= 0.6 is 0 Å². The van der Waals surface area contributed by atoms with Crippen LogP contribution in [0.15, 0.2) is 0 Å². The molecular formula is C15H30N2O. The summed E-state index contributed by atoms with van der Waals surface area (Å²) in [6.07, 6.45) is 3.98. The van der Waals surface area contributed by atoms with Crippen LogP contribution in [0.4, 0.5) is 0 Å². The van der Waals surface area contributed by atoms with Crippen LogP contribution in [-0.2, 0) is 4.74 Å². The van der Waals surface area contributed by atoms with Gasteiger partial charge in [0, 0.05) is 18.7 Å². The Bertz CT molecular complexity index is 235. The highest BCUT2D eigenvalue weighted by Crippen LogP contribution is 2.20. The maximum absolute atomic E-state index is 5.46. The minimum atomic E-state index is 0.262. The highest BCUT2D eigenvalue weighted by Gasteiger charge is 2.24. The number of nitrogens with one attached hydrogen (secondary N) is 1. The molecule has 0 bridgehead atoms. The Morgan fingerprint density at radius 3 is 2.39 bits per heavy atom. The van der Waals surface area contributed by atoms with Crippen molar-refractivity contribution in [2.24, 2.45) is 11.8 Å². The Kier molecular flexibility index (Phi) is 5.05. The second kappa shape index (κ2) is 6.36. The van der Waals surface area contributed by atoms with Crippen molar-refractivity contribution in [1.29, 1.82) is 0 Å². The molecule has 2 aliphatic heterocycles. The first-order valence-electron chi connectivity index (χ1n) is 7.58. The fourth-order valence-electron chi connectivity index (χ4n) is 2.92. The number of ether oxygens (including phenoxy) is 1. The molecule has 106 valence electrons. The molecule has 0 aromatic heterocycles. The van der Waals surface area contributed by atoms with Crippen molar-refractivity contribution in [2.45, 2.75) is 45.6 Å². The molecule has 1 unspecified atom stereocenters. The summed E-state index contributed by atoms with van der Waals surface area (Å²) in [5, 5.41) is 3.64. The van der Waals surface area contributed by atoms with E-state index in [1.54, 1.807) is 0 Å². The molecule has 18 heavy (non-hydrogen) atoms. The van der Waals surface area contributed by atoms with E-state index in [9.17, 15) is 0 Å². The van der Waals surface area contributed by atoms with E-state index in [2.05, 4.69) is 31.0 Å². The van der Waals surface area contributed by atoms with Crippen molar-refractivity contribution in [1.82, 2.24) is 10.2 Å². The zero-order chi connectivity index (χ0) is 13.0. The van der Waals surface area contributed by atoms with Gasteiger partial charge in [-0.2, -0.15) is 0 Å². The predicted octanol–water partition coefficient (Wildman–Crippen LogP) is 2.12. The molecule has 0 saturated carbocycles. The Labute approximate surface area is 112 Å². The number of rotatable bonds is 4. The Morgan fingerprint density at radius 1 is 1.11 bits per heavy atom. The first kappa shape index (κ1) is 14.3. The average molecular weight is 254 g/mol. The highest BCUT2D eigenvalue weighted by atomic mass is 16.5. The van der Waals surface area contributed by atoms with E-state index in [0.29, 0.717) is 0 Å². The summed E-state index contributed by atoms with van der Waals surface area (Å²) in [7, 11) is 0. The molecule has 0 amide bonds. The molecule has 2 saturated heterocycles. The van der Waals surface area contributed by atoms with Gasteiger partial charge in [-0.3, -0.25) is 0 Å². The standard InChI is InChI=1S/C15H30N2O/c1-15(2,3)16-10-13-4-7-17(8-5-13)11-14-6-9-18-12-14/h13-14,16H,4-12H2,1-3H3. The summed E-state index contributed by atoms with van der Waals surface area (Å²) in [5.74, 6) is 1.68. The third-order valence-electron chi connectivity index (χ3n) is 4.17. The van der Waals surface area contributed by atoms with Crippen LogP contribution in [-0.4, -0.2) is 49.8 Å². The molecule has 1 atom stereocenters. The van der Waals surface area contributed by atoms with E-state index in [0.717, 1.165) is 25.0 Å². The zero-order valence-electron chi connectivity index (χ0n) is 12.4. The molecule has 1 N–H and O–H groups in total. The summed E-state index contributed by atoms with van der Waals surface area (Å²) in [4.78, 5) is 2.65. The number of likely N-dealkylation sites (tertiary alicyclic amines) is 1. The first-order valence-corrected chi connectivity index (χ1v) is 7.58. The predicted molar refractivity (Wildman–Crippen MR) is 75.8 cm³/mol. The van der Waals surface area contributed by atoms with Crippen molar-refractivity contribution in [3.05, 3.63) is 0 Å². The van der Waals surface area contributed by atoms with Gasteiger partial charge in [-0.25, -0.2) is 0 Å². The van der Waals surface area contributed by atoms with Crippen LogP contribution in [0.1, 0.15) is 40.0 Å². The lowest BCUT2D eigenvalue weighted by Gasteiger charge is -2.34. The van der Waals surface area contributed by atoms with E-state index >= 15 is 0 Å². The van der Waals surface area contributed by atoms with Crippen molar-refractivity contribution in [3.8, 4) is 0 Å². The number of nitrogens with zero attached hydrogens (tertiary/aromatic N) is 1. The van der Waals surface area contributed by atoms with Gasteiger partial charge >= 0.3 is 0 Å². The van der Waals surface area contributed by atoms with Crippen LogP contribution in [0.3, 0.4) is 0 Å². The van der Waals surface area contributed by atoms with Crippen molar-refractivity contribution in [3.63, 3.8) is 0 Å². The molecule has 2 fully saturated rings. The van der Waals surface area contributed by atoms with E-state index < -0.39 is 0 Å². The first-order chi connectivity index (χ1) is 8.53. The molecule has 2 aliphatic rings. The molecule has 0 aromatic rings. The largest absolute Gasteiger partial charge is 0.381 e. The van der Waals surface area contributed by atoms with Gasteiger partial charge < -0.3 is 15.0 Å². The second-order valence-corrected chi connectivity index (χ2v) is 7.10.